The fourth-order valence-electron chi connectivity index (χ4n) is 6.44. The third-order valence-corrected chi connectivity index (χ3v) is 8.27. The van der Waals surface area contributed by atoms with Gasteiger partial charge in [0.05, 0.1) is 5.56 Å². The number of benzene rings is 1. The molecule has 2 aliphatic heterocycles. The van der Waals surface area contributed by atoms with Gasteiger partial charge in [-0.2, -0.15) is 4.98 Å². The van der Waals surface area contributed by atoms with E-state index in [1.807, 2.05) is 6.92 Å². The summed E-state index contributed by atoms with van der Waals surface area (Å²) in [5.74, 6) is 0.266. The molecule has 0 atom stereocenters. The van der Waals surface area contributed by atoms with E-state index >= 15 is 0 Å². The molecule has 2 fully saturated rings. The summed E-state index contributed by atoms with van der Waals surface area (Å²) in [7, 11) is 0. The summed E-state index contributed by atoms with van der Waals surface area (Å²) < 4.78 is 1.76. The normalized spacial score (nSPS) is 18.7. The minimum absolute atomic E-state index is 0.0717. The lowest BCUT2D eigenvalue weighted by Gasteiger charge is -2.33. The number of nitrogens with zero attached hydrogens (tertiary/aromatic N) is 4. The quantitative estimate of drug-likeness (QED) is 0.520. The molecule has 1 saturated heterocycles. The number of rotatable bonds is 5. The van der Waals surface area contributed by atoms with Crippen LogP contribution in [0.25, 0.3) is 11.0 Å². The molecule has 1 saturated carbocycles. The van der Waals surface area contributed by atoms with Gasteiger partial charge in [0.15, 0.2) is 5.78 Å². The average Bonchev–Trinajstić information content (AvgIpc) is 3.55. The summed E-state index contributed by atoms with van der Waals surface area (Å²) in [5.41, 5.74) is 4.96. The molecule has 0 radical (unpaired) electrons. The molecule has 1 aromatic carbocycles. The highest BCUT2D eigenvalue weighted by Crippen LogP contribution is 2.35. The van der Waals surface area contributed by atoms with Gasteiger partial charge >= 0.3 is 0 Å². The first-order chi connectivity index (χ1) is 17.5. The maximum atomic E-state index is 13.4. The predicted octanol–water partition coefficient (Wildman–Crippen LogP) is 4.28. The van der Waals surface area contributed by atoms with Crippen molar-refractivity contribution in [2.24, 2.45) is 0 Å². The number of hydrogen-bond acceptors (Lipinski definition) is 7. The monoisotopic (exact) mass is 486 g/mol. The molecule has 3 aliphatic rings. The number of nitrogens with one attached hydrogen (secondary N) is 2. The Balaban J connectivity index is 1.35. The predicted molar refractivity (Wildman–Crippen MR) is 143 cm³/mol. The van der Waals surface area contributed by atoms with Crippen LogP contribution in [0.4, 0.5) is 17.3 Å². The standard InChI is InChI=1S/C28H34N6O2/c1-17-23-16-30-28(32-26(23)34(22-5-3-4-6-22)27(36)25(17)18(2)35)31-20-7-8-24-19(15-20)11-14-33(24)21-9-12-29-13-10-21/h7-8,15-16,21-22,29H,3-6,9-14H2,1-2H3,(H,30,31,32). The number of hydrogen-bond donors (Lipinski definition) is 2. The summed E-state index contributed by atoms with van der Waals surface area (Å²) >= 11 is 0. The van der Waals surface area contributed by atoms with E-state index in [9.17, 15) is 9.59 Å². The van der Waals surface area contributed by atoms with Crippen molar-refractivity contribution in [2.45, 2.75) is 70.9 Å². The van der Waals surface area contributed by atoms with Gasteiger partial charge in [-0.1, -0.05) is 12.8 Å². The SMILES string of the molecule is CC(=O)c1c(C)c2cnc(Nc3ccc4c(c3)CCN4C3CCNCC3)nc2n(C2CCCC2)c1=O. The second-order valence-corrected chi connectivity index (χ2v) is 10.5. The Hall–Kier alpha value is -3.26. The summed E-state index contributed by atoms with van der Waals surface area (Å²) in [6.45, 7) is 6.54. The molecule has 0 spiro atoms. The summed E-state index contributed by atoms with van der Waals surface area (Å²) in [4.78, 5) is 37.8. The van der Waals surface area contributed by atoms with Gasteiger partial charge in [0, 0.05) is 41.6 Å². The molecule has 2 aromatic heterocycles. The third kappa shape index (κ3) is 3.97. The number of aromatic nitrogens is 3. The van der Waals surface area contributed by atoms with Crippen LogP contribution < -0.4 is 21.1 Å². The first kappa shape index (κ1) is 23.2. The van der Waals surface area contributed by atoms with Crippen molar-refractivity contribution in [3.63, 3.8) is 0 Å². The average molecular weight is 487 g/mol. The largest absolute Gasteiger partial charge is 0.368 e. The lowest BCUT2D eigenvalue weighted by molar-refractivity contribution is 0.101. The lowest BCUT2D eigenvalue weighted by Crippen LogP contribution is -2.42. The highest BCUT2D eigenvalue weighted by Gasteiger charge is 2.28. The van der Waals surface area contributed by atoms with Gasteiger partial charge in [-0.15, -0.1) is 0 Å². The van der Waals surface area contributed by atoms with E-state index in [4.69, 9.17) is 4.98 Å². The number of piperidine rings is 1. The Kier molecular flexibility index (Phi) is 5.99. The number of carbonyl (C=O) groups is 1. The number of fused-ring (bicyclic) bond motifs is 2. The Morgan fingerprint density at radius 1 is 1.11 bits per heavy atom. The molecular formula is C28H34N6O2. The molecule has 8 heteroatoms. The van der Waals surface area contributed by atoms with E-state index in [2.05, 4.69) is 38.7 Å². The van der Waals surface area contributed by atoms with Crippen LogP contribution in [0.15, 0.2) is 29.2 Å². The van der Waals surface area contributed by atoms with Crippen LogP contribution in [0.5, 0.6) is 0 Å². The molecule has 188 valence electrons. The molecule has 8 nitrogen and oxygen atoms in total. The van der Waals surface area contributed by atoms with E-state index in [0.717, 1.165) is 62.8 Å². The maximum absolute atomic E-state index is 13.4. The van der Waals surface area contributed by atoms with Crippen LogP contribution in [0.1, 0.15) is 73.0 Å². The Bertz CT molecular complexity index is 1390. The zero-order valence-corrected chi connectivity index (χ0v) is 21.1. The number of carbonyl (C=O) groups excluding carboxylic acids is 1. The van der Waals surface area contributed by atoms with Crippen LogP contribution in [0.3, 0.4) is 0 Å². The first-order valence-electron chi connectivity index (χ1n) is 13.3. The van der Waals surface area contributed by atoms with E-state index < -0.39 is 0 Å². The number of aryl methyl sites for hydroxylation is 1. The van der Waals surface area contributed by atoms with Gasteiger partial charge in [0.1, 0.15) is 5.65 Å². The summed E-state index contributed by atoms with van der Waals surface area (Å²) in [5, 5.41) is 7.61. The van der Waals surface area contributed by atoms with Crippen molar-refractivity contribution in [3.05, 3.63) is 51.4 Å². The molecule has 36 heavy (non-hydrogen) atoms. The van der Waals surface area contributed by atoms with E-state index in [-0.39, 0.29) is 22.9 Å². The van der Waals surface area contributed by atoms with Gasteiger partial charge in [-0.25, -0.2) is 4.98 Å². The maximum Gasteiger partial charge on any atom is 0.263 e. The van der Waals surface area contributed by atoms with Crippen molar-refractivity contribution >= 4 is 34.1 Å². The van der Waals surface area contributed by atoms with E-state index in [1.165, 1.54) is 31.0 Å². The van der Waals surface area contributed by atoms with Crippen LogP contribution in [0, 0.1) is 6.92 Å². The summed E-state index contributed by atoms with van der Waals surface area (Å²) in [6.07, 6.45) is 9.21. The van der Waals surface area contributed by atoms with Crippen LogP contribution in [-0.4, -0.2) is 46.0 Å². The van der Waals surface area contributed by atoms with Gasteiger partial charge in [0.25, 0.3) is 5.56 Å². The van der Waals surface area contributed by atoms with Gasteiger partial charge in [-0.05, 0) is 88.4 Å². The highest BCUT2D eigenvalue weighted by molar-refractivity contribution is 5.99. The molecule has 2 N–H and O–H groups in total. The van der Waals surface area contributed by atoms with Crippen LogP contribution >= 0.6 is 0 Å². The molecule has 0 unspecified atom stereocenters. The van der Waals surface area contributed by atoms with Gasteiger partial charge in [0.2, 0.25) is 5.95 Å². The number of Topliss-reactive ketones (excluding diaryl/α,β-unsaturated/α-hetero) is 1. The fraction of sp³-hybridized carbons (Fsp3) is 0.500. The van der Waals surface area contributed by atoms with Crippen molar-refractivity contribution in [1.29, 1.82) is 0 Å². The number of anilines is 3. The highest BCUT2D eigenvalue weighted by atomic mass is 16.1. The Labute approximate surface area is 211 Å². The minimum atomic E-state index is -0.223. The van der Waals surface area contributed by atoms with Crippen molar-refractivity contribution in [3.8, 4) is 0 Å². The summed E-state index contributed by atoms with van der Waals surface area (Å²) in [6, 6.07) is 7.21. The Morgan fingerprint density at radius 3 is 2.64 bits per heavy atom. The molecule has 0 amide bonds. The number of pyridine rings is 1. The fourth-order valence-corrected chi connectivity index (χ4v) is 6.44. The molecule has 4 heterocycles. The van der Waals surface area contributed by atoms with E-state index in [0.29, 0.717) is 23.2 Å². The molecule has 1 aliphatic carbocycles. The first-order valence-corrected chi connectivity index (χ1v) is 13.3. The zero-order chi connectivity index (χ0) is 24.8. The second kappa shape index (κ2) is 9.32. The van der Waals surface area contributed by atoms with Gasteiger partial charge < -0.3 is 15.5 Å². The molecule has 6 rings (SSSR count). The topological polar surface area (TPSA) is 92.2 Å². The van der Waals surface area contributed by atoms with Crippen LogP contribution in [0.2, 0.25) is 0 Å². The van der Waals surface area contributed by atoms with Crippen molar-refractivity contribution in [1.82, 2.24) is 19.9 Å². The van der Waals surface area contributed by atoms with Crippen LogP contribution in [-0.2, 0) is 6.42 Å². The lowest BCUT2D eigenvalue weighted by atomic mass is 10.0. The van der Waals surface area contributed by atoms with E-state index in [1.54, 1.807) is 10.8 Å². The molecular weight excluding hydrogens is 452 g/mol. The van der Waals surface area contributed by atoms with Crippen molar-refractivity contribution < 1.29 is 4.79 Å². The Morgan fingerprint density at radius 2 is 1.89 bits per heavy atom. The minimum Gasteiger partial charge on any atom is -0.368 e. The molecule has 3 aromatic rings. The third-order valence-electron chi connectivity index (χ3n) is 8.27. The molecule has 0 bridgehead atoms. The number of ketones is 1. The zero-order valence-electron chi connectivity index (χ0n) is 21.1. The van der Waals surface area contributed by atoms with Crippen molar-refractivity contribution in [2.75, 3.05) is 29.9 Å². The second-order valence-electron chi connectivity index (χ2n) is 10.5. The smallest absolute Gasteiger partial charge is 0.263 e. The van der Waals surface area contributed by atoms with Gasteiger partial charge in [-0.3, -0.25) is 14.2 Å².